The number of hydrogen-bond acceptors (Lipinski definition) is 4. The molecule has 0 radical (unpaired) electrons. The smallest absolute Gasteiger partial charge is 0.309 e. The van der Waals surface area contributed by atoms with E-state index in [4.69, 9.17) is 9.47 Å². The number of benzene rings is 2. The second-order valence-electron chi connectivity index (χ2n) is 5.99. The molecule has 0 unspecified atom stereocenters. The molecule has 1 amide bonds. The molecule has 144 valence electrons. The van der Waals surface area contributed by atoms with Crippen molar-refractivity contribution in [1.82, 2.24) is 4.68 Å². The van der Waals surface area contributed by atoms with Crippen LogP contribution in [0.4, 0.5) is 0 Å². The first-order valence-corrected chi connectivity index (χ1v) is 8.54. The van der Waals surface area contributed by atoms with Crippen LogP contribution in [0, 0.1) is 0 Å². The van der Waals surface area contributed by atoms with E-state index in [1.165, 1.54) is 11.8 Å². The molecule has 2 aromatic carbocycles. The van der Waals surface area contributed by atoms with Crippen molar-refractivity contribution in [3.05, 3.63) is 71.9 Å². The first-order valence-electron chi connectivity index (χ1n) is 8.54. The van der Waals surface area contributed by atoms with E-state index in [0.29, 0.717) is 28.5 Å². The molecule has 1 heterocycles. The average Bonchev–Trinajstić information content (AvgIpc) is 3.09. The van der Waals surface area contributed by atoms with Gasteiger partial charge in [-0.15, -0.1) is 0 Å². The number of para-hydroxylation sites is 1. The number of methoxy groups -OCH3 is 2. The molecular formula is C21H20N2O5. The fourth-order valence-electron chi connectivity index (χ4n) is 2.88. The van der Waals surface area contributed by atoms with E-state index in [1.54, 1.807) is 55.6 Å². The van der Waals surface area contributed by atoms with Crippen molar-refractivity contribution >= 4 is 11.9 Å². The quantitative estimate of drug-likeness (QED) is 0.657. The lowest BCUT2D eigenvalue weighted by Crippen LogP contribution is -2.26. The third-order valence-electron chi connectivity index (χ3n) is 4.24. The number of carbonyl (C=O) groups excluding carboxylic acids is 1. The van der Waals surface area contributed by atoms with Gasteiger partial charge < -0.3 is 14.6 Å². The summed E-state index contributed by atoms with van der Waals surface area (Å²) < 4.78 is 11.9. The number of hydrogen-bond donors (Lipinski definition) is 2. The van der Waals surface area contributed by atoms with E-state index in [2.05, 4.69) is 5.43 Å². The van der Waals surface area contributed by atoms with Gasteiger partial charge in [0.25, 0.3) is 5.91 Å². The maximum absolute atomic E-state index is 12.8. The normalized spacial score (nSPS) is 10.4. The Hall–Kier alpha value is -3.74. The standard InChI is InChI=1S/C21H20N2O5/c1-27-16-10-7-14(8-11-16)18-12-9-15(13-20(24)25)23(18)22-21(26)17-5-3-4-6-19(17)28-2/h3-12H,13H2,1-2H3,(H,22,26)(H,24,25). The second-order valence-corrected chi connectivity index (χ2v) is 5.99. The number of aromatic nitrogens is 1. The predicted octanol–water partition coefficient (Wildman–Crippen LogP) is 3.18. The second kappa shape index (κ2) is 8.30. The zero-order valence-corrected chi connectivity index (χ0v) is 15.5. The molecule has 0 atom stereocenters. The van der Waals surface area contributed by atoms with Crippen molar-refractivity contribution < 1.29 is 24.2 Å². The molecule has 0 aliphatic heterocycles. The first-order chi connectivity index (χ1) is 13.5. The van der Waals surface area contributed by atoms with Crippen molar-refractivity contribution in [2.75, 3.05) is 19.6 Å². The van der Waals surface area contributed by atoms with E-state index in [9.17, 15) is 14.7 Å². The number of nitrogens with zero attached hydrogens (tertiary/aromatic N) is 1. The fourth-order valence-corrected chi connectivity index (χ4v) is 2.88. The number of nitrogens with one attached hydrogen (secondary N) is 1. The van der Waals surface area contributed by atoms with Gasteiger partial charge in [0.2, 0.25) is 0 Å². The first kappa shape index (κ1) is 19.0. The maximum Gasteiger partial charge on any atom is 0.309 e. The lowest BCUT2D eigenvalue weighted by Gasteiger charge is -2.16. The Morgan fingerprint density at radius 3 is 2.32 bits per heavy atom. The molecule has 1 aromatic heterocycles. The number of amides is 1. The zero-order chi connectivity index (χ0) is 20.1. The third-order valence-corrected chi connectivity index (χ3v) is 4.24. The van der Waals surface area contributed by atoms with Crippen LogP contribution in [0.2, 0.25) is 0 Å². The summed E-state index contributed by atoms with van der Waals surface area (Å²) >= 11 is 0. The Morgan fingerprint density at radius 2 is 1.68 bits per heavy atom. The summed E-state index contributed by atoms with van der Waals surface area (Å²) in [5.74, 6) is -0.272. The van der Waals surface area contributed by atoms with Crippen LogP contribution in [0.25, 0.3) is 11.3 Å². The van der Waals surface area contributed by atoms with E-state index < -0.39 is 11.9 Å². The number of ether oxygens (including phenoxy) is 2. The molecule has 0 saturated carbocycles. The molecule has 0 saturated heterocycles. The summed E-state index contributed by atoms with van der Waals surface area (Å²) in [5, 5.41) is 9.21. The van der Waals surface area contributed by atoms with Gasteiger partial charge in [-0.05, 0) is 48.5 Å². The van der Waals surface area contributed by atoms with Crippen LogP contribution in [-0.4, -0.2) is 35.9 Å². The van der Waals surface area contributed by atoms with Crippen molar-refractivity contribution in [3.63, 3.8) is 0 Å². The number of aliphatic carboxylic acids is 1. The molecular weight excluding hydrogens is 360 g/mol. The molecule has 0 spiro atoms. The van der Waals surface area contributed by atoms with Crippen LogP contribution in [0.1, 0.15) is 16.1 Å². The Labute approximate surface area is 162 Å². The van der Waals surface area contributed by atoms with Gasteiger partial charge in [-0.25, -0.2) is 0 Å². The third kappa shape index (κ3) is 3.98. The summed E-state index contributed by atoms with van der Waals surface area (Å²) in [6.45, 7) is 0. The average molecular weight is 380 g/mol. The minimum absolute atomic E-state index is 0.234. The Kier molecular flexibility index (Phi) is 5.64. The highest BCUT2D eigenvalue weighted by molar-refractivity contribution is 6.02. The highest BCUT2D eigenvalue weighted by Gasteiger charge is 2.18. The molecule has 3 rings (SSSR count). The molecule has 0 fully saturated rings. The van der Waals surface area contributed by atoms with Gasteiger partial charge in [0.15, 0.2) is 0 Å². The van der Waals surface area contributed by atoms with Gasteiger partial charge in [-0.1, -0.05) is 12.1 Å². The number of carbonyl (C=O) groups is 2. The summed E-state index contributed by atoms with van der Waals surface area (Å²) in [6, 6.07) is 17.5. The Balaban J connectivity index is 2.00. The highest BCUT2D eigenvalue weighted by atomic mass is 16.5. The van der Waals surface area contributed by atoms with Gasteiger partial charge in [0.1, 0.15) is 11.5 Å². The number of carboxylic acid groups (broad SMARTS) is 1. The molecule has 0 aliphatic rings. The lowest BCUT2D eigenvalue weighted by atomic mass is 10.1. The fraction of sp³-hybridized carbons (Fsp3) is 0.143. The topological polar surface area (TPSA) is 89.8 Å². The summed E-state index contributed by atoms with van der Waals surface area (Å²) in [4.78, 5) is 24.1. The van der Waals surface area contributed by atoms with E-state index >= 15 is 0 Å². The predicted molar refractivity (Wildman–Crippen MR) is 104 cm³/mol. The molecule has 7 heteroatoms. The van der Waals surface area contributed by atoms with Crippen LogP contribution in [0.3, 0.4) is 0 Å². The Bertz CT molecular complexity index is 992. The molecule has 0 aliphatic carbocycles. The molecule has 2 N–H and O–H groups in total. The van der Waals surface area contributed by atoms with Crippen LogP contribution in [0.5, 0.6) is 11.5 Å². The highest BCUT2D eigenvalue weighted by Crippen LogP contribution is 2.25. The van der Waals surface area contributed by atoms with Crippen LogP contribution in [-0.2, 0) is 11.2 Å². The maximum atomic E-state index is 12.8. The van der Waals surface area contributed by atoms with Crippen LogP contribution in [0.15, 0.2) is 60.7 Å². The van der Waals surface area contributed by atoms with Gasteiger partial charge in [-0.3, -0.25) is 19.7 Å². The van der Waals surface area contributed by atoms with E-state index in [-0.39, 0.29) is 6.42 Å². The monoisotopic (exact) mass is 380 g/mol. The summed E-state index contributed by atoms with van der Waals surface area (Å²) in [6.07, 6.45) is -0.234. The van der Waals surface area contributed by atoms with Gasteiger partial charge in [0, 0.05) is 5.56 Å². The minimum atomic E-state index is -0.993. The molecule has 0 bridgehead atoms. The number of rotatable bonds is 7. The van der Waals surface area contributed by atoms with E-state index in [1.807, 2.05) is 12.1 Å². The van der Waals surface area contributed by atoms with Crippen molar-refractivity contribution in [2.24, 2.45) is 0 Å². The van der Waals surface area contributed by atoms with Gasteiger partial charge >= 0.3 is 5.97 Å². The van der Waals surface area contributed by atoms with Crippen LogP contribution < -0.4 is 14.9 Å². The zero-order valence-electron chi connectivity index (χ0n) is 15.5. The Morgan fingerprint density at radius 1 is 0.964 bits per heavy atom. The molecule has 28 heavy (non-hydrogen) atoms. The summed E-state index contributed by atoms with van der Waals surface area (Å²) in [7, 11) is 3.07. The van der Waals surface area contributed by atoms with Crippen LogP contribution >= 0.6 is 0 Å². The van der Waals surface area contributed by atoms with Crippen molar-refractivity contribution in [2.45, 2.75) is 6.42 Å². The molecule has 7 nitrogen and oxygen atoms in total. The largest absolute Gasteiger partial charge is 0.497 e. The van der Waals surface area contributed by atoms with Gasteiger partial charge in [-0.2, -0.15) is 0 Å². The lowest BCUT2D eigenvalue weighted by molar-refractivity contribution is -0.136. The number of carboxylic acids is 1. The van der Waals surface area contributed by atoms with Crippen molar-refractivity contribution in [1.29, 1.82) is 0 Å². The summed E-state index contributed by atoms with van der Waals surface area (Å²) in [5.41, 5.74) is 5.04. The SMILES string of the molecule is COc1ccc(-c2ccc(CC(=O)O)n2NC(=O)c2ccccc2OC)cc1. The van der Waals surface area contributed by atoms with Gasteiger partial charge in [0.05, 0.1) is 37.6 Å². The van der Waals surface area contributed by atoms with E-state index in [0.717, 1.165) is 5.56 Å². The molecule has 3 aromatic rings. The van der Waals surface area contributed by atoms with Crippen molar-refractivity contribution in [3.8, 4) is 22.8 Å². The minimum Gasteiger partial charge on any atom is -0.497 e.